The zero-order valence-electron chi connectivity index (χ0n) is 7.45. The van der Waals surface area contributed by atoms with Crippen molar-refractivity contribution in [2.75, 3.05) is 13.1 Å². The summed E-state index contributed by atoms with van der Waals surface area (Å²) in [6, 6.07) is 0. The van der Waals surface area contributed by atoms with E-state index in [0.29, 0.717) is 17.8 Å². The fourth-order valence-corrected chi connectivity index (χ4v) is 1.70. The Kier molecular flexibility index (Phi) is 2.47. The van der Waals surface area contributed by atoms with E-state index in [1.165, 1.54) is 0 Å². The lowest BCUT2D eigenvalue weighted by molar-refractivity contribution is 0.0897. The van der Waals surface area contributed by atoms with Crippen molar-refractivity contribution < 1.29 is 0 Å². The molecule has 0 amide bonds. The number of nitroso groups, excluding NO2 is 1. The summed E-state index contributed by atoms with van der Waals surface area (Å²) in [5, 5.41) is 4.60. The van der Waals surface area contributed by atoms with Crippen LogP contribution in [-0.2, 0) is 0 Å². The van der Waals surface area contributed by atoms with Crippen molar-refractivity contribution in [2.24, 2.45) is 23.0 Å². The van der Waals surface area contributed by atoms with E-state index in [1.807, 2.05) is 0 Å². The number of rotatable bonds is 1. The van der Waals surface area contributed by atoms with Crippen molar-refractivity contribution in [1.29, 1.82) is 0 Å². The SMILES string of the molecule is CC1CN(N=O)CC(C)C1C. The van der Waals surface area contributed by atoms with E-state index in [2.05, 4.69) is 26.1 Å². The molecule has 1 rings (SSSR count). The molecule has 0 radical (unpaired) electrons. The Morgan fingerprint density at radius 2 is 1.64 bits per heavy atom. The second-order valence-corrected chi connectivity index (χ2v) is 3.77. The summed E-state index contributed by atoms with van der Waals surface area (Å²) >= 11 is 0. The summed E-state index contributed by atoms with van der Waals surface area (Å²) in [5.74, 6) is 1.90. The minimum Gasteiger partial charge on any atom is -0.260 e. The smallest absolute Gasteiger partial charge is 0.0524 e. The monoisotopic (exact) mass is 156 g/mol. The molecule has 3 heteroatoms. The van der Waals surface area contributed by atoms with Gasteiger partial charge in [0, 0.05) is 13.1 Å². The van der Waals surface area contributed by atoms with Gasteiger partial charge in [0.2, 0.25) is 0 Å². The zero-order chi connectivity index (χ0) is 8.43. The van der Waals surface area contributed by atoms with Crippen LogP contribution >= 0.6 is 0 Å². The van der Waals surface area contributed by atoms with Crippen LogP contribution in [0.4, 0.5) is 0 Å². The van der Waals surface area contributed by atoms with Crippen molar-refractivity contribution >= 4 is 0 Å². The van der Waals surface area contributed by atoms with Crippen LogP contribution < -0.4 is 0 Å². The van der Waals surface area contributed by atoms with Gasteiger partial charge in [-0.2, -0.15) is 0 Å². The molecule has 64 valence electrons. The van der Waals surface area contributed by atoms with Crippen molar-refractivity contribution in [3.8, 4) is 0 Å². The summed E-state index contributed by atoms with van der Waals surface area (Å²) in [5.41, 5.74) is 0. The maximum Gasteiger partial charge on any atom is 0.0524 e. The molecule has 0 spiro atoms. The second kappa shape index (κ2) is 3.20. The molecule has 1 heterocycles. The molecule has 0 aliphatic carbocycles. The van der Waals surface area contributed by atoms with Gasteiger partial charge in [-0.15, -0.1) is 4.91 Å². The van der Waals surface area contributed by atoms with Gasteiger partial charge in [-0.05, 0) is 17.8 Å². The highest BCUT2D eigenvalue weighted by Gasteiger charge is 2.28. The molecule has 0 aromatic heterocycles. The number of piperidine rings is 1. The number of hydrogen-bond donors (Lipinski definition) is 0. The number of hydrogen-bond acceptors (Lipinski definition) is 2. The lowest BCUT2D eigenvalue weighted by Gasteiger charge is -2.36. The molecule has 0 bridgehead atoms. The van der Waals surface area contributed by atoms with Crippen molar-refractivity contribution in [1.82, 2.24) is 5.01 Å². The molecule has 3 nitrogen and oxygen atoms in total. The van der Waals surface area contributed by atoms with Gasteiger partial charge >= 0.3 is 0 Å². The van der Waals surface area contributed by atoms with Crippen LogP contribution in [-0.4, -0.2) is 18.1 Å². The minimum atomic E-state index is 0.594. The van der Waals surface area contributed by atoms with Crippen LogP contribution in [0, 0.1) is 22.7 Å². The normalized spacial score (nSPS) is 38.8. The maximum absolute atomic E-state index is 10.2. The van der Waals surface area contributed by atoms with Gasteiger partial charge < -0.3 is 0 Å². The Labute approximate surface area is 67.7 Å². The van der Waals surface area contributed by atoms with Crippen molar-refractivity contribution in [3.05, 3.63) is 4.91 Å². The molecule has 0 N–H and O–H groups in total. The zero-order valence-corrected chi connectivity index (χ0v) is 7.45. The Hall–Kier alpha value is -0.600. The largest absolute Gasteiger partial charge is 0.260 e. The summed E-state index contributed by atoms with van der Waals surface area (Å²) in [4.78, 5) is 10.2. The molecule has 0 aromatic carbocycles. The van der Waals surface area contributed by atoms with E-state index in [1.54, 1.807) is 5.01 Å². The van der Waals surface area contributed by atoms with Crippen LogP contribution in [0.1, 0.15) is 20.8 Å². The van der Waals surface area contributed by atoms with E-state index in [4.69, 9.17) is 0 Å². The molecule has 2 atom stereocenters. The first-order chi connectivity index (χ1) is 5.15. The van der Waals surface area contributed by atoms with E-state index in [9.17, 15) is 4.91 Å². The third-order valence-electron chi connectivity index (χ3n) is 2.91. The predicted molar refractivity (Wildman–Crippen MR) is 44.9 cm³/mol. The number of nitrogens with zero attached hydrogens (tertiary/aromatic N) is 2. The van der Waals surface area contributed by atoms with E-state index in [-0.39, 0.29) is 0 Å². The fraction of sp³-hybridized carbons (Fsp3) is 1.00. The average Bonchev–Trinajstić information content (AvgIpc) is 1.99. The molecule has 1 fully saturated rings. The lowest BCUT2D eigenvalue weighted by Crippen LogP contribution is -2.40. The topological polar surface area (TPSA) is 32.7 Å². The molecule has 0 aromatic rings. The Morgan fingerprint density at radius 1 is 1.18 bits per heavy atom. The van der Waals surface area contributed by atoms with Crippen LogP contribution in [0.25, 0.3) is 0 Å². The molecule has 1 saturated heterocycles. The molecule has 1 aliphatic rings. The average molecular weight is 156 g/mol. The van der Waals surface area contributed by atoms with Crippen molar-refractivity contribution in [2.45, 2.75) is 20.8 Å². The van der Waals surface area contributed by atoms with Crippen LogP contribution in [0.15, 0.2) is 5.29 Å². The maximum atomic E-state index is 10.2. The second-order valence-electron chi connectivity index (χ2n) is 3.77. The minimum absolute atomic E-state index is 0.594. The molecule has 2 unspecified atom stereocenters. The van der Waals surface area contributed by atoms with Crippen LogP contribution in [0.5, 0.6) is 0 Å². The lowest BCUT2D eigenvalue weighted by atomic mass is 9.82. The van der Waals surface area contributed by atoms with Crippen LogP contribution in [0.3, 0.4) is 0 Å². The first-order valence-electron chi connectivity index (χ1n) is 4.23. The first kappa shape index (κ1) is 8.50. The highest BCUT2D eigenvalue weighted by molar-refractivity contribution is 4.77. The van der Waals surface area contributed by atoms with E-state index in [0.717, 1.165) is 13.1 Å². The van der Waals surface area contributed by atoms with Crippen LogP contribution in [0.2, 0.25) is 0 Å². The highest BCUT2D eigenvalue weighted by atomic mass is 16.3. The fourth-order valence-electron chi connectivity index (χ4n) is 1.70. The highest BCUT2D eigenvalue weighted by Crippen LogP contribution is 2.27. The molecular formula is C8H16N2O. The summed E-state index contributed by atoms with van der Waals surface area (Å²) in [6.45, 7) is 8.26. The summed E-state index contributed by atoms with van der Waals surface area (Å²) < 4.78 is 0. The summed E-state index contributed by atoms with van der Waals surface area (Å²) in [6.07, 6.45) is 0. The van der Waals surface area contributed by atoms with E-state index >= 15 is 0 Å². The van der Waals surface area contributed by atoms with Gasteiger partial charge in [0.25, 0.3) is 0 Å². The van der Waals surface area contributed by atoms with Crippen molar-refractivity contribution in [3.63, 3.8) is 0 Å². The molecule has 11 heavy (non-hydrogen) atoms. The van der Waals surface area contributed by atoms with Gasteiger partial charge in [0.05, 0.1) is 5.29 Å². The Balaban J connectivity index is 2.54. The third-order valence-corrected chi connectivity index (χ3v) is 2.91. The molecular weight excluding hydrogens is 140 g/mol. The Bertz CT molecular complexity index is 137. The van der Waals surface area contributed by atoms with E-state index < -0.39 is 0 Å². The summed E-state index contributed by atoms with van der Waals surface area (Å²) in [7, 11) is 0. The van der Waals surface area contributed by atoms with Gasteiger partial charge in [0.1, 0.15) is 0 Å². The third kappa shape index (κ3) is 1.70. The quantitative estimate of drug-likeness (QED) is 0.543. The standard InChI is InChI=1S/C8H16N2O/c1-6-4-10(9-11)5-7(2)8(6)3/h6-8H,4-5H2,1-3H3. The first-order valence-corrected chi connectivity index (χ1v) is 4.23. The van der Waals surface area contributed by atoms with Gasteiger partial charge in [-0.25, -0.2) is 0 Å². The Morgan fingerprint density at radius 3 is 2.00 bits per heavy atom. The molecule has 0 saturated carbocycles. The molecule has 1 aliphatic heterocycles. The predicted octanol–water partition coefficient (Wildman–Crippen LogP) is 1.89. The van der Waals surface area contributed by atoms with Gasteiger partial charge in [-0.3, -0.25) is 5.01 Å². The van der Waals surface area contributed by atoms with Gasteiger partial charge in [0.15, 0.2) is 0 Å². The van der Waals surface area contributed by atoms with Gasteiger partial charge in [-0.1, -0.05) is 20.8 Å².